The molecule has 1 saturated heterocycles. The molecule has 0 atom stereocenters. The lowest BCUT2D eigenvalue weighted by molar-refractivity contribution is 0.252. The number of hydrogen-bond donors (Lipinski definition) is 1. The summed E-state index contributed by atoms with van der Waals surface area (Å²) in [5, 5.41) is 2.82. The summed E-state index contributed by atoms with van der Waals surface area (Å²) in [4.78, 5) is 8.20. The normalized spacial score (nSPS) is 17.2. The Morgan fingerprint density at radius 1 is 1.35 bits per heavy atom. The van der Waals surface area contributed by atoms with E-state index < -0.39 is 11.6 Å². The van der Waals surface area contributed by atoms with Crippen LogP contribution in [0.4, 0.5) is 20.4 Å². The number of hydrogen-bond acceptors (Lipinski definition) is 4. The van der Waals surface area contributed by atoms with Crippen molar-refractivity contribution in [2.75, 3.05) is 43.9 Å². The maximum Gasteiger partial charge on any atom is 0.168 e. The van der Waals surface area contributed by atoms with Crippen molar-refractivity contribution in [3.63, 3.8) is 0 Å². The van der Waals surface area contributed by atoms with Crippen LogP contribution >= 0.6 is 0 Å². The molecule has 1 aromatic rings. The first-order chi connectivity index (χ1) is 9.52. The molecule has 0 aromatic carbocycles. The molecule has 1 fully saturated rings. The van der Waals surface area contributed by atoms with Crippen LogP contribution in [0.25, 0.3) is 0 Å². The number of likely N-dealkylation sites (tertiary alicyclic amines) is 1. The molecule has 1 aliphatic heterocycles. The number of nitrogens with zero attached hydrogens (tertiary/aromatic N) is 3. The van der Waals surface area contributed by atoms with Crippen molar-refractivity contribution in [3.8, 4) is 0 Å². The molecule has 20 heavy (non-hydrogen) atoms. The van der Waals surface area contributed by atoms with E-state index in [1.807, 2.05) is 18.9 Å². The second-order valence-corrected chi connectivity index (χ2v) is 5.30. The van der Waals surface area contributed by atoms with Crippen molar-refractivity contribution >= 4 is 11.6 Å². The Balaban J connectivity index is 2.20. The van der Waals surface area contributed by atoms with Crippen molar-refractivity contribution in [2.24, 2.45) is 0 Å². The molecule has 0 bridgehead atoms. The molecule has 6 heteroatoms. The molecule has 0 amide bonds. The van der Waals surface area contributed by atoms with Crippen molar-refractivity contribution < 1.29 is 8.78 Å². The van der Waals surface area contributed by atoms with Crippen LogP contribution in [0.1, 0.15) is 19.8 Å². The van der Waals surface area contributed by atoms with E-state index in [4.69, 9.17) is 0 Å². The minimum Gasteiger partial charge on any atom is -0.368 e. The van der Waals surface area contributed by atoms with E-state index in [-0.39, 0.29) is 17.7 Å². The zero-order chi connectivity index (χ0) is 14.7. The van der Waals surface area contributed by atoms with Gasteiger partial charge in [0.05, 0.1) is 0 Å². The third-order valence-electron chi connectivity index (χ3n) is 3.83. The van der Waals surface area contributed by atoms with E-state index in [1.54, 1.807) is 0 Å². The van der Waals surface area contributed by atoms with Crippen LogP contribution in [-0.2, 0) is 0 Å². The van der Waals surface area contributed by atoms with Gasteiger partial charge in [-0.3, -0.25) is 0 Å². The Morgan fingerprint density at radius 3 is 2.60 bits per heavy atom. The largest absolute Gasteiger partial charge is 0.368 e. The fourth-order valence-corrected chi connectivity index (χ4v) is 2.55. The average Bonchev–Trinajstić information content (AvgIpc) is 2.42. The molecule has 0 radical (unpaired) electrons. The summed E-state index contributed by atoms with van der Waals surface area (Å²) in [6.07, 6.45) is 1.92. The van der Waals surface area contributed by atoms with Gasteiger partial charge in [0.15, 0.2) is 23.3 Å². The molecule has 0 unspecified atom stereocenters. The van der Waals surface area contributed by atoms with Crippen molar-refractivity contribution in [1.29, 1.82) is 0 Å². The van der Waals surface area contributed by atoms with E-state index in [0.717, 1.165) is 32.0 Å². The van der Waals surface area contributed by atoms with Crippen molar-refractivity contribution in [2.45, 2.75) is 25.8 Å². The minimum absolute atomic E-state index is 0.115. The van der Waals surface area contributed by atoms with E-state index in [1.165, 1.54) is 0 Å². The first-order valence-corrected chi connectivity index (χ1v) is 7.04. The van der Waals surface area contributed by atoms with Crippen molar-refractivity contribution in [3.05, 3.63) is 17.7 Å². The molecule has 1 aliphatic rings. The average molecular weight is 284 g/mol. The fraction of sp³-hybridized carbons (Fsp3) is 0.643. The van der Waals surface area contributed by atoms with E-state index in [9.17, 15) is 8.78 Å². The lowest BCUT2D eigenvalue weighted by Crippen LogP contribution is -2.42. The monoisotopic (exact) mass is 284 g/mol. The van der Waals surface area contributed by atoms with E-state index in [0.29, 0.717) is 6.54 Å². The Kier molecular flexibility index (Phi) is 4.75. The van der Waals surface area contributed by atoms with Gasteiger partial charge in [-0.2, -0.15) is 0 Å². The van der Waals surface area contributed by atoms with Gasteiger partial charge in [-0.1, -0.05) is 0 Å². The van der Waals surface area contributed by atoms with Gasteiger partial charge >= 0.3 is 0 Å². The number of piperidine rings is 1. The maximum atomic E-state index is 14.0. The molecule has 112 valence electrons. The third-order valence-corrected chi connectivity index (χ3v) is 3.83. The summed E-state index contributed by atoms with van der Waals surface area (Å²) in [7, 11) is 3.91. The van der Waals surface area contributed by atoms with Crippen LogP contribution in [-0.4, -0.2) is 49.7 Å². The fourth-order valence-electron chi connectivity index (χ4n) is 2.55. The van der Waals surface area contributed by atoms with E-state index >= 15 is 0 Å². The Bertz CT molecular complexity index is 459. The number of rotatable bonds is 4. The van der Waals surface area contributed by atoms with Crippen LogP contribution < -0.4 is 10.2 Å². The van der Waals surface area contributed by atoms with Gasteiger partial charge in [-0.25, -0.2) is 13.8 Å². The minimum atomic E-state index is -0.648. The van der Waals surface area contributed by atoms with E-state index in [2.05, 4.69) is 22.2 Å². The van der Waals surface area contributed by atoms with Gasteiger partial charge in [-0.15, -0.1) is 0 Å². The smallest absolute Gasteiger partial charge is 0.168 e. The first kappa shape index (κ1) is 15.0. The molecule has 0 saturated carbocycles. The SMILES string of the molecule is CCNc1nc(N(C)C2CCN(C)CC2)c(F)cc1F. The van der Waals surface area contributed by atoms with Gasteiger partial charge in [0, 0.05) is 25.7 Å². The molecule has 2 heterocycles. The zero-order valence-electron chi connectivity index (χ0n) is 12.3. The summed E-state index contributed by atoms with van der Waals surface area (Å²) >= 11 is 0. The van der Waals surface area contributed by atoms with Gasteiger partial charge < -0.3 is 15.1 Å². The third kappa shape index (κ3) is 3.17. The maximum absolute atomic E-state index is 14.0. The summed E-state index contributed by atoms with van der Waals surface area (Å²) < 4.78 is 27.6. The van der Waals surface area contributed by atoms with Gasteiger partial charge in [0.1, 0.15) is 0 Å². The molecule has 2 rings (SSSR count). The van der Waals surface area contributed by atoms with Gasteiger partial charge in [0.25, 0.3) is 0 Å². The highest BCUT2D eigenvalue weighted by atomic mass is 19.1. The van der Waals surface area contributed by atoms with Gasteiger partial charge in [-0.05, 0) is 39.9 Å². The predicted molar refractivity (Wildman–Crippen MR) is 77.2 cm³/mol. The van der Waals surface area contributed by atoms with Crippen LogP contribution in [0.3, 0.4) is 0 Å². The molecular formula is C14H22F2N4. The number of anilines is 2. The van der Waals surface area contributed by atoms with Gasteiger partial charge in [0.2, 0.25) is 0 Å². The highest BCUT2D eigenvalue weighted by molar-refractivity contribution is 5.49. The molecule has 1 N–H and O–H groups in total. The van der Waals surface area contributed by atoms with Crippen LogP contribution in [0.15, 0.2) is 6.07 Å². The number of nitrogens with one attached hydrogen (secondary N) is 1. The Labute approximate surface area is 118 Å². The topological polar surface area (TPSA) is 31.4 Å². The summed E-state index contributed by atoms with van der Waals surface area (Å²) in [5.74, 6) is -0.920. The summed E-state index contributed by atoms with van der Waals surface area (Å²) in [5.41, 5.74) is 0. The first-order valence-electron chi connectivity index (χ1n) is 7.04. The lowest BCUT2D eigenvalue weighted by Gasteiger charge is -2.35. The zero-order valence-corrected chi connectivity index (χ0v) is 12.3. The van der Waals surface area contributed by atoms with Crippen molar-refractivity contribution in [1.82, 2.24) is 9.88 Å². The van der Waals surface area contributed by atoms with Crippen LogP contribution in [0.2, 0.25) is 0 Å². The number of pyridine rings is 1. The molecule has 1 aromatic heterocycles. The lowest BCUT2D eigenvalue weighted by atomic mass is 10.0. The predicted octanol–water partition coefficient (Wildman–Crippen LogP) is 2.32. The van der Waals surface area contributed by atoms with Crippen LogP contribution in [0, 0.1) is 11.6 Å². The molecule has 0 spiro atoms. The molecular weight excluding hydrogens is 262 g/mol. The number of aromatic nitrogens is 1. The molecule has 4 nitrogen and oxygen atoms in total. The summed E-state index contributed by atoms with van der Waals surface area (Å²) in [6.45, 7) is 4.37. The summed E-state index contributed by atoms with van der Waals surface area (Å²) in [6, 6.07) is 1.15. The van der Waals surface area contributed by atoms with Crippen LogP contribution in [0.5, 0.6) is 0 Å². The second-order valence-electron chi connectivity index (χ2n) is 5.30. The second kappa shape index (κ2) is 6.35. The highest BCUT2D eigenvalue weighted by Crippen LogP contribution is 2.25. The molecule has 0 aliphatic carbocycles. The Morgan fingerprint density at radius 2 is 2.00 bits per heavy atom. The number of halogens is 2. The standard InChI is InChI=1S/C14H22F2N4/c1-4-17-13-11(15)9-12(16)14(18-13)20(3)10-5-7-19(2)8-6-10/h9-10H,4-8H2,1-3H3,(H,17,18). The Hall–Kier alpha value is -1.43. The highest BCUT2D eigenvalue weighted by Gasteiger charge is 2.24. The quantitative estimate of drug-likeness (QED) is 0.919.